The highest BCUT2D eigenvalue weighted by Crippen LogP contribution is 2.42. The molecular formula is C31H46N6O8. The Hall–Kier alpha value is -3.86. The molecule has 0 aliphatic carbocycles. The topological polar surface area (TPSA) is 216 Å². The van der Waals surface area contributed by atoms with Gasteiger partial charge in [0.1, 0.15) is 37.7 Å². The monoisotopic (exact) mass is 630 g/mol. The number of nitrogens with one attached hydrogen (secondary N) is 4. The standard InChI is InChI=1S/C31H46N6O8/c1-23-30(42)28(34-26-6-2-24(3-7-26)32-10-12-36(44,14-18-38)15-19-39)22-29(31(23)43)35-27-8-4-25(5-9-27)33-11-13-37(45,16-20-40)17-21-41/h2-9,22,32-35,38-43H,10-21H2,1H3. The Morgan fingerprint density at radius 1 is 0.533 bits per heavy atom. The van der Waals surface area contributed by atoms with E-state index in [0.29, 0.717) is 35.8 Å². The molecule has 0 saturated heterocycles. The first-order valence-corrected chi connectivity index (χ1v) is 14.9. The zero-order valence-corrected chi connectivity index (χ0v) is 25.6. The summed E-state index contributed by atoms with van der Waals surface area (Å²) in [5.41, 5.74) is 3.93. The van der Waals surface area contributed by atoms with E-state index in [2.05, 4.69) is 21.3 Å². The van der Waals surface area contributed by atoms with Gasteiger partial charge in [-0.15, -0.1) is 0 Å². The minimum Gasteiger partial charge on any atom is -0.633 e. The van der Waals surface area contributed by atoms with Crippen LogP contribution in [0.2, 0.25) is 0 Å². The highest BCUT2D eigenvalue weighted by atomic mass is 16.6. The number of benzene rings is 3. The summed E-state index contributed by atoms with van der Waals surface area (Å²) in [6.07, 6.45) is 0. The second-order valence-corrected chi connectivity index (χ2v) is 10.9. The van der Waals surface area contributed by atoms with E-state index in [1.165, 1.54) is 0 Å². The molecule has 0 spiro atoms. The van der Waals surface area contributed by atoms with Gasteiger partial charge in [0.15, 0.2) is 0 Å². The summed E-state index contributed by atoms with van der Waals surface area (Å²) in [5.74, 6) is -0.209. The van der Waals surface area contributed by atoms with Crippen molar-refractivity contribution in [2.24, 2.45) is 0 Å². The molecule has 0 heterocycles. The summed E-state index contributed by atoms with van der Waals surface area (Å²) in [6, 6.07) is 16.0. The molecule has 0 radical (unpaired) electrons. The molecule has 248 valence electrons. The van der Waals surface area contributed by atoms with Crippen molar-refractivity contribution in [1.82, 2.24) is 0 Å². The Labute approximate surface area is 263 Å². The van der Waals surface area contributed by atoms with Crippen LogP contribution in [0.1, 0.15) is 5.56 Å². The quantitative estimate of drug-likeness (QED) is 0.0377. The van der Waals surface area contributed by atoms with Crippen molar-refractivity contribution in [2.45, 2.75) is 6.92 Å². The van der Waals surface area contributed by atoms with Gasteiger partial charge in [-0.25, -0.2) is 0 Å². The van der Waals surface area contributed by atoms with Crippen molar-refractivity contribution in [3.8, 4) is 11.5 Å². The smallest absolute Gasteiger partial charge is 0.145 e. The minimum atomic E-state index is -0.683. The van der Waals surface area contributed by atoms with E-state index in [9.17, 15) is 20.6 Å². The first kappa shape index (κ1) is 35.6. The third-order valence-corrected chi connectivity index (χ3v) is 7.56. The zero-order chi connectivity index (χ0) is 32.9. The summed E-state index contributed by atoms with van der Waals surface area (Å²) >= 11 is 0. The molecule has 0 fully saturated rings. The van der Waals surface area contributed by atoms with E-state index in [0.717, 1.165) is 11.4 Å². The maximum atomic E-state index is 12.6. The average molecular weight is 631 g/mol. The molecule has 0 saturated carbocycles. The molecule has 10 N–H and O–H groups in total. The molecule has 3 rings (SSSR count). The third kappa shape index (κ3) is 10.6. The Morgan fingerprint density at radius 2 is 0.844 bits per heavy atom. The fourth-order valence-corrected chi connectivity index (χ4v) is 4.85. The van der Waals surface area contributed by atoms with Gasteiger partial charge in [0.2, 0.25) is 0 Å². The Balaban J connectivity index is 1.61. The van der Waals surface area contributed by atoms with Crippen LogP contribution in [-0.4, -0.2) is 119 Å². The van der Waals surface area contributed by atoms with Gasteiger partial charge in [-0.3, -0.25) is 0 Å². The van der Waals surface area contributed by atoms with E-state index < -0.39 is 9.29 Å². The van der Waals surface area contributed by atoms with E-state index in [1.807, 2.05) is 24.3 Å². The molecule has 3 aromatic carbocycles. The van der Waals surface area contributed by atoms with Crippen molar-refractivity contribution in [3.63, 3.8) is 0 Å². The second-order valence-electron chi connectivity index (χ2n) is 10.9. The number of aliphatic hydroxyl groups is 4. The minimum absolute atomic E-state index is 0.0169. The number of quaternary nitrogens is 2. The molecule has 0 unspecified atom stereocenters. The van der Waals surface area contributed by atoms with Crippen LogP contribution in [0.5, 0.6) is 11.5 Å². The number of aromatic hydroxyl groups is 2. The van der Waals surface area contributed by atoms with Crippen LogP contribution >= 0.6 is 0 Å². The van der Waals surface area contributed by atoms with Gasteiger partial charge in [0.25, 0.3) is 0 Å². The van der Waals surface area contributed by atoms with Crippen molar-refractivity contribution >= 4 is 34.1 Å². The van der Waals surface area contributed by atoms with Crippen molar-refractivity contribution in [1.29, 1.82) is 0 Å². The summed E-state index contributed by atoms with van der Waals surface area (Å²) in [5, 5.41) is 95.8. The number of phenolic OH excluding ortho intramolecular Hbond substituents is 2. The number of aliphatic hydroxyl groups excluding tert-OH is 4. The van der Waals surface area contributed by atoms with Crippen LogP contribution in [0.3, 0.4) is 0 Å². The van der Waals surface area contributed by atoms with Crippen LogP contribution in [0, 0.1) is 17.3 Å². The lowest BCUT2D eigenvalue weighted by molar-refractivity contribution is -0.879. The number of rotatable bonds is 20. The lowest BCUT2D eigenvalue weighted by atomic mass is 10.1. The SMILES string of the molecule is Cc1c(O)c(Nc2ccc(NCC[N+]([O-])(CCO)CCO)cc2)cc(Nc2ccc(NCC[N+]([O-])(CCO)CCO)cc2)c1O. The number of nitrogens with zero attached hydrogens (tertiary/aromatic N) is 2. The second kappa shape index (κ2) is 17.0. The summed E-state index contributed by atoms with van der Waals surface area (Å²) < 4.78 is -1.37. The average Bonchev–Trinajstić information content (AvgIpc) is 3.00. The molecule has 14 nitrogen and oxygen atoms in total. The number of hydroxylamine groups is 6. The molecule has 14 heteroatoms. The lowest BCUT2D eigenvalue weighted by Crippen LogP contribution is -2.49. The maximum absolute atomic E-state index is 12.6. The zero-order valence-electron chi connectivity index (χ0n) is 25.6. The van der Waals surface area contributed by atoms with Gasteiger partial charge in [0, 0.05) is 28.3 Å². The van der Waals surface area contributed by atoms with Crippen LogP contribution in [0.25, 0.3) is 0 Å². The fourth-order valence-electron chi connectivity index (χ4n) is 4.85. The largest absolute Gasteiger partial charge is 0.633 e. The maximum Gasteiger partial charge on any atom is 0.145 e. The normalized spacial score (nSPS) is 11.8. The summed E-state index contributed by atoms with van der Waals surface area (Å²) in [7, 11) is 0. The Bertz CT molecular complexity index is 1220. The molecular weight excluding hydrogens is 584 g/mol. The first-order chi connectivity index (χ1) is 21.5. The van der Waals surface area contributed by atoms with Gasteiger partial charge >= 0.3 is 0 Å². The van der Waals surface area contributed by atoms with Crippen molar-refractivity contribution in [2.75, 3.05) is 100 Å². The van der Waals surface area contributed by atoms with E-state index in [-0.39, 0.29) is 82.8 Å². The number of phenols is 2. The lowest BCUT2D eigenvalue weighted by Gasteiger charge is -2.42. The molecule has 0 aliphatic heterocycles. The van der Waals surface area contributed by atoms with Crippen molar-refractivity contribution < 1.29 is 39.9 Å². The summed E-state index contributed by atoms with van der Waals surface area (Å²) in [4.78, 5) is 0. The van der Waals surface area contributed by atoms with Gasteiger partial charge in [-0.1, -0.05) is 0 Å². The highest BCUT2D eigenvalue weighted by molar-refractivity contribution is 5.80. The van der Waals surface area contributed by atoms with E-state index in [4.69, 9.17) is 20.4 Å². The number of hydrogen-bond donors (Lipinski definition) is 10. The van der Waals surface area contributed by atoms with Crippen LogP contribution in [0.15, 0.2) is 54.6 Å². The molecule has 0 aromatic heterocycles. The summed E-state index contributed by atoms with van der Waals surface area (Å²) in [6.45, 7) is 1.76. The molecule has 0 bridgehead atoms. The van der Waals surface area contributed by atoms with Crippen LogP contribution in [-0.2, 0) is 0 Å². The fraction of sp³-hybridized carbons (Fsp3) is 0.419. The van der Waals surface area contributed by atoms with Gasteiger partial charge in [-0.05, 0) is 61.5 Å². The van der Waals surface area contributed by atoms with E-state index >= 15 is 0 Å². The molecule has 0 aliphatic rings. The highest BCUT2D eigenvalue weighted by Gasteiger charge is 2.17. The predicted molar refractivity (Wildman–Crippen MR) is 176 cm³/mol. The van der Waals surface area contributed by atoms with Gasteiger partial charge < -0.3 is 71.6 Å². The van der Waals surface area contributed by atoms with E-state index in [1.54, 1.807) is 37.3 Å². The van der Waals surface area contributed by atoms with Crippen molar-refractivity contribution in [3.05, 3.63) is 70.6 Å². The van der Waals surface area contributed by atoms with Crippen LogP contribution < -0.4 is 21.3 Å². The Kier molecular flexibility index (Phi) is 13.5. The number of anilines is 6. The molecule has 0 atom stereocenters. The number of hydrogen-bond acceptors (Lipinski definition) is 12. The Morgan fingerprint density at radius 3 is 1.16 bits per heavy atom. The first-order valence-electron chi connectivity index (χ1n) is 14.9. The predicted octanol–water partition coefficient (Wildman–Crippen LogP) is 2.32. The molecule has 3 aromatic rings. The molecule has 45 heavy (non-hydrogen) atoms. The van der Waals surface area contributed by atoms with Gasteiger partial charge in [0.05, 0.1) is 64.0 Å². The van der Waals surface area contributed by atoms with Gasteiger partial charge in [-0.2, -0.15) is 0 Å². The van der Waals surface area contributed by atoms with Crippen LogP contribution in [0.4, 0.5) is 34.1 Å². The third-order valence-electron chi connectivity index (χ3n) is 7.56. The molecule has 0 amide bonds.